The highest BCUT2D eigenvalue weighted by Gasteiger charge is 2.24. The molecule has 1 aromatic heterocycles. The first-order chi connectivity index (χ1) is 11.0. The molecule has 1 aromatic carbocycles. The molecule has 0 fully saturated rings. The summed E-state index contributed by atoms with van der Waals surface area (Å²) in [5, 5.41) is 9.07. The van der Waals surface area contributed by atoms with Crippen molar-refractivity contribution in [3.05, 3.63) is 63.0 Å². The van der Waals surface area contributed by atoms with E-state index in [0.717, 1.165) is 21.3 Å². The van der Waals surface area contributed by atoms with Gasteiger partial charge in [-0.05, 0) is 48.9 Å². The van der Waals surface area contributed by atoms with Crippen LogP contribution in [0.2, 0.25) is 0 Å². The van der Waals surface area contributed by atoms with Gasteiger partial charge >= 0.3 is 5.97 Å². The van der Waals surface area contributed by atoms with Crippen molar-refractivity contribution in [2.75, 3.05) is 0 Å². The van der Waals surface area contributed by atoms with Gasteiger partial charge in [0.15, 0.2) is 5.70 Å². The van der Waals surface area contributed by atoms with Gasteiger partial charge in [-0.1, -0.05) is 15.9 Å². The molecule has 3 rings (SSSR count). The topological polar surface area (TPSA) is 67.4 Å². The van der Waals surface area contributed by atoms with Crippen LogP contribution < -0.4 is 0 Å². The number of carbonyl (C=O) groups excluding carboxylic acids is 1. The average Bonchev–Trinajstić information content (AvgIpc) is 3.03. The Morgan fingerprint density at radius 2 is 2.04 bits per heavy atom. The highest BCUT2D eigenvalue weighted by Crippen LogP contribution is 2.23. The molecule has 1 aliphatic rings. The number of nitrogens with zero attached hydrogens (tertiary/aromatic N) is 3. The van der Waals surface area contributed by atoms with Crippen LogP contribution in [-0.2, 0) is 16.6 Å². The van der Waals surface area contributed by atoms with E-state index < -0.39 is 5.97 Å². The predicted molar refractivity (Wildman–Crippen MR) is 89.6 cm³/mol. The predicted octanol–water partition coefficient (Wildman–Crippen LogP) is 3.31. The van der Waals surface area contributed by atoms with E-state index in [0.29, 0.717) is 5.69 Å². The molecule has 0 saturated heterocycles. The number of halogens is 1. The second kappa shape index (κ2) is 5.86. The zero-order chi connectivity index (χ0) is 16.6. The maximum absolute atomic E-state index is 12.0. The Kier molecular flexibility index (Phi) is 3.89. The third-order valence-corrected chi connectivity index (χ3v) is 4.22. The number of benzene rings is 1. The smallest absolute Gasteiger partial charge is 0.363 e. The van der Waals surface area contributed by atoms with Crippen LogP contribution in [0.4, 0.5) is 0 Å². The molecule has 2 aromatic rings. The van der Waals surface area contributed by atoms with Crippen molar-refractivity contribution in [3.63, 3.8) is 0 Å². The van der Waals surface area contributed by atoms with Gasteiger partial charge < -0.3 is 9.30 Å². The SMILES string of the molecule is Cc1c(/C=C2/N=C(c3ccc(Br)cc3)OC2=O)cc(C#N)n1C. The summed E-state index contributed by atoms with van der Waals surface area (Å²) < 4.78 is 7.94. The van der Waals surface area contributed by atoms with Gasteiger partial charge in [0.25, 0.3) is 0 Å². The third-order valence-electron chi connectivity index (χ3n) is 3.69. The number of cyclic esters (lactones) is 1. The summed E-state index contributed by atoms with van der Waals surface area (Å²) in [4.78, 5) is 16.3. The van der Waals surface area contributed by atoms with Gasteiger partial charge in [-0.3, -0.25) is 0 Å². The summed E-state index contributed by atoms with van der Waals surface area (Å²) in [6.45, 7) is 1.88. The van der Waals surface area contributed by atoms with Crippen LogP contribution >= 0.6 is 15.9 Å². The molecule has 0 spiro atoms. The molecular weight excluding hydrogens is 358 g/mol. The van der Waals surface area contributed by atoms with Crippen LogP contribution in [0, 0.1) is 18.3 Å². The van der Waals surface area contributed by atoms with E-state index in [1.165, 1.54) is 0 Å². The van der Waals surface area contributed by atoms with Crippen molar-refractivity contribution in [2.24, 2.45) is 12.0 Å². The van der Waals surface area contributed by atoms with E-state index in [4.69, 9.17) is 10.00 Å². The molecule has 0 atom stereocenters. The highest BCUT2D eigenvalue weighted by molar-refractivity contribution is 9.10. The number of carbonyl (C=O) groups is 1. The van der Waals surface area contributed by atoms with Crippen molar-refractivity contribution in [1.82, 2.24) is 4.57 Å². The maximum atomic E-state index is 12.0. The van der Waals surface area contributed by atoms with Crippen LogP contribution in [0.25, 0.3) is 6.08 Å². The molecule has 0 amide bonds. The minimum Gasteiger partial charge on any atom is -0.402 e. The molecule has 0 aliphatic carbocycles. The fourth-order valence-electron chi connectivity index (χ4n) is 2.25. The van der Waals surface area contributed by atoms with Gasteiger partial charge in [0.2, 0.25) is 5.90 Å². The normalized spacial score (nSPS) is 15.5. The summed E-state index contributed by atoms with van der Waals surface area (Å²) in [6, 6.07) is 11.2. The number of hydrogen-bond donors (Lipinski definition) is 0. The molecule has 1 aliphatic heterocycles. The summed E-state index contributed by atoms with van der Waals surface area (Å²) in [7, 11) is 1.80. The van der Waals surface area contributed by atoms with Crippen molar-refractivity contribution in [3.8, 4) is 6.07 Å². The molecule has 0 bridgehead atoms. The van der Waals surface area contributed by atoms with Crippen LogP contribution in [0.5, 0.6) is 0 Å². The van der Waals surface area contributed by atoms with Gasteiger partial charge in [-0.25, -0.2) is 9.79 Å². The lowest BCUT2D eigenvalue weighted by molar-refractivity contribution is -0.129. The minimum absolute atomic E-state index is 0.223. The number of rotatable bonds is 2. The number of aromatic nitrogens is 1. The zero-order valence-electron chi connectivity index (χ0n) is 12.5. The summed E-state index contributed by atoms with van der Waals surface area (Å²) in [5.41, 5.74) is 3.14. The Bertz CT molecular complexity index is 899. The van der Waals surface area contributed by atoms with Crippen molar-refractivity contribution in [1.29, 1.82) is 5.26 Å². The van der Waals surface area contributed by atoms with Crippen LogP contribution in [0.1, 0.15) is 22.5 Å². The standard InChI is InChI=1S/C17H12BrN3O2/c1-10-12(7-14(9-19)21(10)2)8-15-17(22)23-16(20-15)11-3-5-13(18)6-4-11/h3-8H,1-2H3/b15-8+. The molecule has 23 heavy (non-hydrogen) atoms. The second-order valence-corrected chi connectivity index (χ2v) is 6.00. The van der Waals surface area contributed by atoms with E-state index in [2.05, 4.69) is 27.0 Å². The lowest BCUT2D eigenvalue weighted by Gasteiger charge is -1.98. The number of esters is 1. The van der Waals surface area contributed by atoms with Crippen LogP contribution in [0.3, 0.4) is 0 Å². The highest BCUT2D eigenvalue weighted by atomic mass is 79.9. The Morgan fingerprint density at radius 1 is 1.35 bits per heavy atom. The third kappa shape index (κ3) is 2.83. The van der Waals surface area contributed by atoms with Crippen molar-refractivity contribution < 1.29 is 9.53 Å². The molecule has 114 valence electrons. The van der Waals surface area contributed by atoms with Gasteiger partial charge in [0.1, 0.15) is 11.8 Å². The minimum atomic E-state index is -0.496. The zero-order valence-corrected chi connectivity index (χ0v) is 14.1. The quantitative estimate of drug-likeness (QED) is 0.602. The maximum Gasteiger partial charge on any atom is 0.363 e. The Balaban J connectivity index is 1.99. The lowest BCUT2D eigenvalue weighted by atomic mass is 10.2. The van der Waals surface area contributed by atoms with Gasteiger partial charge in [0, 0.05) is 22.8 Å². The van der Waals surface area contributed by atoms with E-state index in [-0.39, 0.29) is 11.6 Å². The van der Waals surface area contributed by atoms with E-state index in [9.17, 15) is 4.79 Å². The van der Waals surface area contributed by atoms with Crippen molar-refractivity contribution in [2.45, 2.75) is 6.92 Å². The molecule has 0 saturated carbocycles. The van der Waals surface area contributed by atoms with Gasteiger partial charge in [-0.2, -0.15) is 5.26 Å². The Labute approximate surface area is 141 Å². The lowest BCUT2D eigenvalue weighted by Crippen LogP contribution is -2.05. The monoisotopic (exact) mass is 369 g/mol. The molecule has 0 radical (unpaired) electrons. The molecule has 2 heterocycles. The number of nitriles is 1. The summed E-state index contributed by atoms with van der Waals surface area (Å²) in [5.74, 6) is -0.215. The van der Waals surface area contributed by atoms with Crippen molar-refractivity contribution >= 4 is 33.9 Å². The average molecular weight is 370 g/mol. The molecule has 0 unspecified atom stereocenters. The summed E-state index contributed by atoms with van der Waals surface area (Å²) in [6.07, 6.45) is 1.64. The first-order valence-corrected chi connectivity index (χ1v) is 7.64. The van der Waals surface area contributed by atoms with Gasteiger partial charge in [0.05, 0.1) is 0 Å². The molecule has 6 heteroatoms. The number of hydrogen-bond acceptors (Lipinski definition) is 4. The largest absolute Gasteiger partial charge is 0.402 e. The Morgan fingerprint density at radius 3 is 2.65 bits per heavy atom. The van der Waals surface area contributed by atoms with E-state index in [1.54, 1.807) is 23.8 Å². The second-order valence-electron chi connectivity index (χ2n) is 5.08. The van der Waals surface area contributed by atoms with Crippen LogP contribution in [0.15, 0.2) is 45.5 Å². The number of aliphatic imine (C=N–C) groups is 1. The fraction of sp³-hybridized carbons (Fsp3) is 0.118. The summed E-state index contributed by atoms with van der Waals surface area (Å²) >= 11 is 3.36. The van der Waals surface area contributed by atoms with E-state index >= 15 is 0 Å². The molecular formula is C17H12BrN3O2. The van der Waals surface area contributed by atoms with Crippen LogP contribution in [-0.4, -0.2) is 16.4 Å². The van der Waals surface area contributed by atoms with Gasteiger partial charge in [-0.15, -0.1) is 0 Å². The fourth-order valence-corrected chi connectivity index (χ4v) is 2.51. The number of ether oxygens (including phenoxy) is 1. The Hall–Kier alpha value is -2.65. The van der Waals surface area contributed by atoms with E-state index in [1.807, 2.05) is 31.2 Å². The molecule has 5 nitrogen and oxygen atoms in total. The first kappa shape index (κ1) is 15.3. The molecule has 0 N–H and O–H groups in total. The first-order valence-electron chi connectivity index (χ1n) is 6.84.